The molecule has 0 aromatic heterocycles. The van der Waals surface area contributed by atoms with Gasteiger partial charge < -0.3 is 10.2 Å². The first-order chi connectivity index (χ1) is 13.2. The molecule has 150 valence electrons. The van der Waals surface area contributed by atoms with Crippen molar-refractivity contribution in [2.24, 2.45) is 5.92 Å². The number of hydrogen-bond acceptors (Lipinski definition) is 3. The molecule has 0 amide bonds. The number of benzene rings is 2. The monoisotopic (exact) mass is 403 g/mol. The van der Waals surface area contributed by atoms with Crippen LogP contribution in [0.4, 0.5) is 0 Å². The van der Waals surface area contributed by atoms with Crippen LogP contribution in [0.5, 0.6) is 0 Å². The lowest BCUT2D eigenvalue weighted by Crippen LogP contribution is -2.48. The fraction of sp³-hybridized carbons (Fsp3) is 0.364. The van der Waals surface area contributed by atoms with Crippen molar-refractivity contribution in [2.45, 2.75) is 45.2 Å². The Kier molecular flexibility index (Phi) is 8.03. The summed E-state index contributed by atoms with van der Waals surface area (Å²) in [5.74, 6) is -1.95. The van der Waals surface area contributed by atoms with E-state index in [9.17, 15) is 19.8 Å². The van der Waals surface area contributed by atoms with Crippen LogP contribution in [0.2, 0.25) is 5.02 Å². The van der Waals surface area contributed by atoms with E-state index in [-0.39, 0.29) is 12.3 Å². The van der Waals surface area contributed by atoms with Crippen molar-refractivity contribution in [3.05, 3.63) is 70.2 Å². The summed E-state index contributed by atoms with van der Waals surface area (Å²) < 4.78 is 0. The van der Waals surface area contributed by atoms with E-state index < -0.39 is 24.0 Å². The first-order valence-electron chi connectivity index (χ1n) is 9.28. The standard InChI is InChI=1S/C22H26ClNO4/c1-14(2)9-19(21(25)26)24-20(22(27)28)13-17-6-3-5-15(11-17)10-16-7-4-8-18(23)12-16/h3-8,11-12,14,19-20,24H,9-10,13H2,1-2H3,(H,25,26)(H,27,28)/t19-,20-/m0/s1. The van der Waals surface area contributed by atoms with Gasteiger partial charge >= 0.3 is 11.9 Å². The third-order valence-corrected chi connectivity index (χ3v) is 4.67. The van der Waals surface area contributed by atoms with Gasteiger partial charge in [-0.2, -0.15) is 0 Å². The lowest BCUT2D eigenvalue weighted by atomic mass is 9.98. The quantitative estimate of drug-likeness (QED) is 0.557. The summed E-state index contributed by atoms with van der Waals surface area (Å²) in [4.78, 5) is 23.2. The smallest absolute Gasteiger partial charge is 0.321 e. The maximum atomic E-state index is 11.7. The summed E-state index contributed by atoms with van der Waals surface area (Å²) in [6.07, 6.45) is 1.26. The number of rotatable bonds is 10. The van der Waals surface area contributed by atoms with Crippen molar-refractivity contribution in [1.29, 1.82) is 0 Å². The lowest BCUT2D eigenvalue weighted by molar-refractivity contribution is -0.142. The van der Waals surface area contributed by atoms with Gasteiger partial charge in [-0.1, -0.05) is 61.8 Å². The Balaban J connectivity index is 2.12. The highest BCUT2D eigenvalue weighted by Gasteiger charge is 2.26. The molecule has 0 spiro atoms. The molecule has 0 saturated heterocycles. The molecular formula is C22H26ClNO4. The van der Waals surface area contributed by atoms with Gasteiger partial charge in [0.15, 0.2) is 0 Å². The maximum Gasteiger partial charge on any atom is 0.321 e. The Hall–Kier alpha value is -2.37. The Morgan fingerprint density at radius 1 is 0.929 bits per heavy atom. The van der Waals surface area contributed by atoms with Crippen LogP contribution in [-0.2, 0) is 22.4 Å². The second-order valence-electron chi connectivity index (χ2n) is 7.41. The first kappa shape index (κ1) is 21.9. The molecule has 0 bridgehead atoms. The van der Waals surface area contributed by atoms with E-state index in [0.717, 1.165) is 16.7 Å². The van der Waals surface area contributed by atoms with Crippen molar-refractivity contribution < 1.29 is 19.8 Å². The van der Waals surface area contributed by atoms with E-state index in [2.05, 4.69) is 5.32 Å². The predicted molar refractivity (Wildman–Crippen MR) is 110 cm³/mol. The number of aliphatic carboxylic acids is 2. The van der Waals surface area contributed by atoms with Crippen molar-refractivity contribution in [1.82, 2.24) is 5.32 Å². The van der Waals surface area contributed by atoms with Crippen LogP contribution in [0.3, 0.4) is 0 Å². The van der Waals surface area contributed by atoms with Crippen LogP contribution in [0.25, 0.3) is 0 Å². The van der Waals surface area contributed by atoms with E-state index in [1.807, 2.05) is 62.4 Å². The van der Waals surface area contributed by atoms with Gasteiger partial charge in [-0.3, -0.25) is 14.9 Å². The molecule has 0 aliphatic rings. The van der Waals surface area contributed by atoms with Crippen molar-refractivity contribution in [3.8, 4) is 0 Å². The zero-order valence-corrected chi connectivity index (χ0v) is 16.8. The fourth-order valence-electron chi connectivity index (χ4n) is 3.16. The number of nitrogens with one attached hydrogen (secondary N) is 1. The predicted octanol–water partition coefficient (Wildman–Crippen LogP) is 4.02. The average molecular weight is 404 g/mol. The second-order valence-corrected chi connectivity index (χ2v) is 7.85. The third-order valence-electron chi connectivity index (χ3n) is 4.43. The summed E-state index contributed by atoms with van der Waals surface area (Å²) in [6.45, 7) is 3.82. The minimum absolute atomic E-state index is 0.143. The minimum atomic E-state index is -1.06. The van der Waals surface area contributed by atoms with Crippen molar-refractivity contribution >= 4 is 23.5 Å². The molecule has 0 aliphatic heterocycles. The van der Waals surface area contributed by atoms with E-state index in [1.54, 1.807) is 0 Å². The molecule has 2 aromatic carbocycles. The SMILES string of the molecule is CC(C)C[C@H](N[C@@H](Cc1cccc(Cc2cccc(Cl)c2)c1)C(=O)O)C(=O)O. The van der Waals surface area contributed by atoms with Crippen LogP contribution in [-0.4, -0.2) is 34.2 Å². The molecule has 6 heteroatoms. The van der Waals surface area contributed by atoms with Gasteiger partial charge in [-0.15, -0.1) is 0 Å². The van der Waals surface area contributed by atoms with Crippen LogP contribution in [0, 0.1) is 5.92 Å². The number of hydrogen-bond donors (Lipinski definition) is 3. The molecule has 28 heavy (non-hydrogen) atoms. The minimum Gasteiger partial charge on any atom is -0.480 e. The molecule has 0 fully saturated rings. The number of carbonyl (C=O) groups is 2. The van der Waals surface area contributed by atoms with Gasteiger partial charge in [0, 0.05) is 5.02 Å². The molecule has 3 N–H and O–H groups in total. The van der Waals surface area contributed by atoms with E-state index in [0.29, 0.717) is 17.9 Å². The maximum absolute atomic E-state index is 11.7. The summed E-state index contributed by atoms with van der Waals surface area (Å²) in [7, 11) is 0. The molecule has 2 rings (SSSR count). The molecule has 0 saturated carbocycles. The van der Waals surface area contributed by atoms with Gasteiger partial charge in [-0.25, -0.2) is 0 Å². The van der Waals surface area contributed by atoms with Gasteiger partial charge in [0.2, 0.25) is 0 Å². The second kappa shape index (κ2) is 10.2. The van der Waals surface area contributed by atoms with Gasteiger partial charge in [0.25, 0.3) is 0 Å². The van der Waals surface area contributed by atoms with Crippen LogP contribution >= 0.6 is 11.6 Å². The lowest BCUT2D eigenvalue weighted by Gasteiger charge is -2.22. The Morgan fingerprint density at radius 3 is 2.07 bits per heavy atom. The summed E-state index contributed by atoms with van der Waals surface area (Å²) in [6, 6.07) is 13.4. The van der Waals surface area contributed by atoms with E-state index in [4.69, 9.17) is 11.6 Å². The normalized spacial score (nSPS) is 13.3. The molecule has 0 radical (unpaired) electrons. The molecule has 0 aliphatic carbocycles. The van der Waals surface area contributed by atoms with Crippen molar-refractivity contribution in [2.75, 3.05) is 0 Å². The zero-order valence-electron chi connectivity index (χ0n) is 16.1. The summed E-state index contributed by atoms with van der Waals surface area (Å²) in [5, 5.41) is 22.4. The topological polar surface area (TPSA) is 86.6 Å². The highest BCUT2D eigenvalue weighted by Crippen LogP contribution is 2.17. The van der Waals surface area contributed by atoms with Gasteiger partial charge in [0.05, 0.1) is 0 Å². The van der Waals surface area contributed by atoms with Crippen molar-refractivity contribution in [3.63, 3.8) is 0 Å². The number of carboxylic acid groups (broad SMARTS) is 2. The molecule has 2 aromatic rings. The fourth-order valence-corrected chi connectivity index (χ4v) is 3.37. The Morgan fingerprint density at radius 2 is 1.50 bits per heavy atom. The highest BCUT2D eigenvalue weighted by molar-refractivity contribution is 6.30. The first-order valence-corrected chi connectivity index (χ1v) is 9.66. The average Bonchev–Trinajstić information content (AvgIpc) is 2.60. The zero-order chi connectivity index (χ0) is 20.7. The van der Waals surface area contributed by atoms with Crippen LogP contribution in [0.15, 0.2) is 48.5 Å². The molecule has 5 nitrogen and oxygen atoms in total. The number of halogens is 1. The molecule has 0 heterocycles. The van der Waals surface area contributed by atoms with Gasteiger partial charge in [-0.05, 0) is 54.0 Å². The highest BCUT2D eigenvalue weighted by atomic mass is 35.5. The molecular weight excluding hydrogens is 378 g/mol. The van der Waals surface area contributed by atoms with Crippen LogP contribution in [0.1, 0.15) is 37.0 Å². The molecule has 0 unspecified atom stereocenters. The Bertz CT molecular complexity index is 822. The Labute approximate surface area is 170 Å². The molecule has 2 atom stereocenters. The van der Waals surface area contributed by atoms with Gasteiger partial charge in [0.1, 0.15) is 12.1 Å². The largest absolute Gasteiger partial charge is 0.480 e. The summed E-state index contributed by atoms with van der Waals surface area (Å²) in [5.41, 5.74) is 2.95. The third kappa shape index (κ3) is 6.98. The number of carboxylic acids is 2. The van der Waals surface area contributed by atoms with E-state index in [1.165, 1.54) is 0 Å². The summed E-state index contributed by atoms with van der Waals surface area (Å²) >= 11 is 6.03. The van der Waals surface area contributed by atoms with E-state index >= 15 is 0 Å². The van der Waals surface area contributed by atoms with Crippen LogP contribution < -0.4 is 5.32 Å².